The molecule has 0 atom stereocenters. The summed E-state index contributed by atoms with van der Waals surface area (Å²) in [4.78, 5) is 24.6. The van der Waals surface area contributed by atoms with Crippen LogP contribution in [0.3, 0.4) is 0 Å². The fraction of sp³-hybridized carbons (Fsp3) is 0.429. The summed E-state index contributed by atoms with van der Waals surface area (Å²) in [5.41, 5.74) is -1.15. The van der Waals surface area contributed by atoms with Gasteiger partial charge in [-0.3, -0.25) is 9.59 Å². The van der Waals surface area contributed by atoms with Crippen LogP contribution in [-0.4, -0.2) is 37.4 Å². The maximum atomic E-state index is 12.6. The Kier molecular flexibility index (Phi) is 6.22. The quantitative estimate of drug-likeness (QED) is 0.840. The van der Waals surface area contributed by atoms with Gasteiger partial charge in [-0.1, -0.05) is 11.6 Å². The van der Waals surface area contributed by atoms with Crippen molar-refractivity contribution in [3.8, 4) is 0 Å². The minimum absolute atomic E-state index is 0.0867. The molecule has 2 amide bonds. The van der Waals surface area contributed by atoms with Crippen LogP contribution in [0.5, 0.6) is 0 Å². The van der Waals surface area contributed by atoms with Crippen LogP contribution < -0.4 is 5.32 Å². The zero-order valence-electron chi connectivity index (χ0n) is 12.1. The number of hydrogen-bond acceptors (Lipinski definition) is 2. The smallest absolute Gasteiger partial charge is 0.352 e. The van der Waals surface area contributed by atoms with E-state index in [0.29, 0.717) is 6.42 Å². The van der Waals surface area contributed by atoms with Gasteiger partial charge >= 0.3 is 6.18 Å². The van der Waals surface area contributed by atoms with Crippen LogP contribution in [0.1, 0.15) is 28.8 Å². The molecule has 22 heavy (non-hydrogen) atoms. The molecule has 1 aromatic carbocycles. The summed E-state index contributed by atoms with van der Waals surface area (Å²) in [7, 11) is 3.23. The summed E-state index contributed by atoms with van der Waals surface area (Å²) in [5.74, 6) is -0.748. The third-order valence-corrected chi connectivity index (χ3v) is 3.06. The molecule has 0 spiro atoms. The van der Waals surface area contributed by atoms with Gasteiger partial charge in [0, 0.05) is 37.6 Å². The second-order valence-electron chi connectivity index (χ2n) is 4.87. The van der Waals surface area contributed by atoms with Crippen molar-refractivity contribution in [1.82, 2.24) is 10.2 Å². The van der Waals surface area contributed by atoms with Crippen LogP contribution in [0.25, 0.3) is 0 Å². The average molecular weight is 337 g/mol. The zero-order valence-corrected chi connectivity index (χ0v) is 12.9. The van der Waals surface area contributed by atoms with Gasteiger partial charge in [-0.25, -0.2) is 0 Å². The third-order valence-electron chi connectivity index (χ3n) is 2.84. The summed E-state index contributed by atoms with van der Waals surface area (Å²) in [6.07, 6.45) is -3.93. The van der Waals surface area contributed by atoms with Crippen molar-refractivity contribution >= 4 is 23.4 Å². The van der Waals surface area contributed by atoms with Crippen molar-refractivity contribution in [2.24, 2.45) is 0 Å². The van der Waals surface area contributed by atoms with Gasteiger partial charge in [0.05, 0.1) is 5.56 Å². The molecule has 0 bridgehead atoms. The molecule has 0 fully saturated rings. The molecule has 0 radical (unpaired) electrons. The number of hydrogen-bond donors (Lipinski definition) is 1. The van der Waals surface area contributed by atoms with Gasteiger partial charge in [0.15, 0.2) is 0 Å². The Labute approximate surface area is 131 Å². The topological polar surface area (TPSA) is 49.4 Å². The number of benzene rings is 1. The first-order valence-corrected chi connectivity index (χ1v) is 6.85. The van der Waals surface area contributed by atoms with Crippen molar-refractivity contribution in [3.63, 3.8) is 0 Å². The number of carbonyl (C=O) groups is 2. The van der Waals surface area contributed by atoms with E-state index < -0.39 is 17.6 Å². The Hall–Kier alpha value is -1.76. The molecule has 122 valence electrons. The highest BCUT2D eigenvalue weighted by Gasteiger charge is 2.31. The van der Waals surface area contributed by atoms with Crippen LogP contribution in [0.15, 0.2) is 18.2 Å². The maximum absolute atomic E-state index is 12.6. The standard InChI is InChI=1S/C14H16ClF3N2O2/c1-20(2)12(21)4-3-5-19-13(22)9-6-10(14(16,17)18)8-11(15)7-9/h6-8H,3-5H2,1-2H3,(H,19,22). The van der Waals surface area contributed by atoms with Gasteiger partial charge in [0.25, 0.3) is 5.91 Å². The molecule has 1 N–H and O–H groups in total. The molecule has 4 nitrogen and oxygen atoms in total. The van der Waals surface area contributed by atoms with Crippen LogP contribution in [0.4, 0.5) is 13.2 Å². The predicted octanol–water partition coefficient (Wildman–Crippen LogP) is 2.96. The summed E-state index contributed by atoms with van der Waals surface area (Å²) < 4.78 is 37.9. The van der Waals surface area contributed by atoms with E-state index in [2.05, 4.69) is 5.32 Å². The van der Waals surface area contributed by atoms with Crippen LogP contribution in [0.2, 0.25) is 5.02 Å². The monoisotopic (exact) mass is 336 g/mol. The lowest BCUT2D eigenvalue weighted by molar-refractivity contribution is -0.137. The van der Waals surface area contributed by atoms with Crippen LogP contribution in [-0.2, 0) is 11.0 Å². The summed E-state index contributed by atoms with van der Waals surface area (Å²) >= 11 is 5.61. The molecule has 1 aromatic rings. The zero-order chi connectivity index (χ0) is 16.9. The normalized spacial score (nSPS) is 11.2. The third kappa shape index (κ3) is 5.55. The minimum atomic E-state index is -4.57. The SMILES string of the molecule is CN(C)C(=O)CCCNC(=O)c1cc(Cl)cc(C(F)(F)F)c1. The lowest BCUT2D eigenvalue weighted by atomic mass is 10.1. The van der Waals surface area contributed by atoms with E-state index in [0.717, 1.165) is 18.2 Å². The highest BCUT2D eigenvalue weighted by Crippen LogP contribution is 2.31. The second kappa shape index (κ2) is 7.49. The van der Waals surface area contributed by atoms with Gasteiger partial charge in [-0.15, -0.1) is 0 Å². The van der Waals surface area contributed by atoms with Gasteiger partial charge in [-0.2, -0.15) is 13.2 Å². The van der Waals surface area contributed by atoms with E-state index in [4.69, 9.17) is 11.6 Å². The fourth-order valence-electron chi connectivity index (χ4n) is 1.65. The second-order valence-corrected chi connectivity index (χ2v) is 5.31. The first-order chi connectivity index (χ1) is 10.1. The molecule has 0 aliphatic heterocycles. The number of halogens is 4. The number of rotatable bonds is 5. The van der Waals surface area contributed by atoms with E-state index in [1.165, 1.54) is 4.90 Å². The number of amides is 2. The van der Waals surface area contributed by atoms with Crippen LogP contribution >= 0.6 is 11.6 Å². The number of carbonyl (C=O) groups excluding carboxylic acids is 2. The van der Waals surface area contributed by atoms with E-state index in [9.17, 15) is 22.8 Å². The van der Waals surface area contributed by atoms with E-state index in [1.807, 2.05) is 0 Å². The van der Waals surface area contributed by atoms with Crippen molar-refractivity contribution < 1.29 is 22.8 Å². The molecule has 8 heteroatoms. The molecule has 0 saturated heterocycles. The maximum Gasteiger partial charge on any atom is 0.416 e. The van der Waals surface area contributed by atoms with Crippen molar-refractivity contribution in [2.75, 3.05) is 20.6 Å². The Morgan fingerprint density at radius 2 is 1.86 bits per heavy atom. The molecule has 0 unspecified atom stereocenters. The first kappa shape index (κ1) is 18.3. The summed E-state index contributed by atoms with van der Waals surface area (Å²) in [5, 5.41) is 2.30. The first-order valence-electron chi connectivity index (χ1n) is 6.47. The fourth-order valence-corrected chi connectivity index (χ4v) is 1.89. The Balaban J connectivity index is 2.63. The van der Waals surface area contributed by atoms with Crippen LogP contribution in [0, 0.1) is 0 Å². The van der Waals surface area contributed by atoms with Gasteiger partial charge < -0.3 is 10.2 Å². The Morgan fingerprint density at radius 3 is 2.41 bits per heavy atom. The van der Waals surface area contributed by atoms with E-state index in [-0.39, 0.29) is 29.5 Å². The van der Waals surface area contributed by atoms with Crippen molar-refractivity contribution in [2.45, 2.75) is 19.0 Å². The lowest BCUT2D eigenvalue weighted by Gasteiger charge is -2.11. The Morgan fingerprint density at radius 1 is 1.23 bits per heavy atom. The molecule has 0 saturated carbocycles. The van der Waals surface area contributed by atoms with Crippen molar-refractivity contribution in [3.05, 3.63) is 34.3 Å². The summed E-state index contributed by atoms with van der Waals surface area (Å²) in [6.45, 7) is 0.187. The van der Waals surface area contributed by atoms with Crippen molar-refractivity contribution in [1.29, 1.82) is 0 Å². The lowest BCUT2D eigenvalue weighted by Crippen LogP contribution is -2.27. The molecule has 0 aliphatic rings. The predicted molar refractivity (Wildman–Crippen MR) is 76.7 cm³/mol. The Bertz CT molecular complexity index is 560. The molecular weight excluding hydrogens is 321 g/mol. The summed E-state index contributed by atoms with van der Waals surface area (Å²) in [6, 6.07) is 2.66. The largest absolute Gasteiger partial charge is 0.416 e. The van der Waals surface area contributed by atoms with E-state index in [1.54, 1.807) is 14.1 Å². The average Bonchev–Trinajstić information content (AvgIpc) is 2.41. The molecular formula is C14H16ClF3N2O2. The van der Waals surface area contributed by atoms with Gasteiger partial charge in [0.2, 0.25) is 5.91 Å². The molecule has 0 aromatic heterocycles. The van der Waals surface area contributed by atoms with Gasteiger partial charge in [0.1, 0.15) is 0 Å². The molecule has 0 aliphatic carbocycles. The molecule has 1 rings (SSSR count). The molecule has 0 heterocycles. The number of nitrogens with zero attached hydrogens (tertiary/aromatic N) is 1. The highest BCUT2D eigenvalue weighted by molar-refractivity contribution is 6.31. The highest BCUT2D eigenvalue weighted by atomic mass is 35.5. The minimum Gasteiger partial charge on any atom is -0.352 e. The van der Waals surface area contributed by atoms with E-state index >= 15 is 0 Å². The van der Waals surface area contributed by atoms with Gasteiger partial charge in [-0.05, 0) is 24.6 Å². The number of alkyl halides is 3. The number of nitrogens with one attached hydrogen (secondary N) is 1.